The number of hydrogen-bond donors (Lipinski definition) is 0. The molecule has 0 saturated heterocycles. The van der Waals surface area contributed by atoms with Gasteiger partial charge >= 0.3 is 0 Å². The molecule has 0 aromatic heterocycles. The van der Waals surface area contributed by atoms with E-state index in [0.29, 0.717) is 0 Å². The van der Waals surface area contributed by atoms with Gasteiger partial charge < -0.3 is 0 Å². The molecule has 0 aliphatic heterocycles. The van der Waals surface area contributed by atoms with Gasteiger partial charge in [-0.1, -0.05) is 66.6 Å². The highest BCUT2D eigenvalue weighted by molar-refractivity contribution is 5.85. The van der Waals surface area contributed by atoms with E-state index >= 15 is 0 Å². The van der Waals surface area contributed by atoms with Crippen LogP contribution in [-0.4, -0.2) is 18.5 Å². The third kappa shape index (κ3) is 6.02. The Labute approximate surface area is 159 Å². The first-order valence-corrected chi connectivity index (χ1v) is 9.23. The summed E-state index contributed by atoms with van der Waals surface area (Å²) in [5.74, 6) is 0. The summed E-state index contributed by atoms with van der Waals surface area (Å²) in [6.45, 7) is 4.12. The number of likely N-dealkylation sites (N-methyl/N-ethyl adjacent to an activating group) is 1. The summed E-state index contributed by atoms with van der Waals surface area (Å²) in [4.78, 5) is 2.38. The predicted molar refractivity (Wildman–Crippen MR) is 111 cm³/mol. The number of fused-ring (bicyclic) bond motifs is 1. The van der Waals surface area contributed by atoms with E-state index < -0.39 is 0 Å². The Balaban J connectivity index is 0.00000225. The maximum Gasteiger partial charge on any atom is 0.0234 e. The summed E-state index contributed by atoms with van der Waals surface area (Å²) in [6, 6.07) is 15.8. The zero-order valence-corrected chi connectivity index (χ0v) is 16.3. The van der Waals surface area contributed by atoms with E-state index in [1.165, 1.54) is 48.8 Å². The lowest BCUT2D eigenvalue weighted by molar-refractivity contribution is 0.364. The Hall–Kier alpha value is -1.57. The molecule has 2 aromatic rings. The normalized spacial score (nSPS) is 14.2. The Bertz CT molecular complexity index is 688. The summed E-state index contributed by atoms with van der Waals surface area (Å²) < 4.78 is 0. The van der Waals surface area contributed by atoms with E-state index in [1.54, 1.807) is 11.1 Å². The smallest absolute Gasteiger partial charge is 0.0234 e. The number of halogens is 1. The van der Waals surface area contributed by atoms with Crippen LogP contribution in [0.2, 0.25) is 0 Å². The molecule has 0 radical (unpaired) electrons. The highest BCUT2D eigenvalue weighted by atomic mass is 35.5. The molecule has 1 nitrogen and oxygen atoms in total. The molecular formula is C23H30ClN. The summed E-state index contributed by atoms with van der Waals surface area (Å²) in [6.07, 6.45) is 11.1. The second-order valence-electron chi connectivity index (χ2n) is 7.17. The highest BCUT2D eigenvalue weighted by Crippen LogP contribution is 2.22. The van der Waals surface area contributed by atoms with Gasteiger partial charge in [-0.15, -0.1) is 12.4 Å². The van der Waals surface area contributed by atoms with E-state index in [4.69, 9.17) is 0 Å². The van der Waals surface area contributed by atoms with Crippen LogP contribution in [0.1, 0.15) is 47.1 Å². The molecule has 0 amide bonds. The minimum atomic E-state index is 0. The standard InChI is InChI=1S/C23H29N.ClH/c1-19-10-12-20(13-11-19)7-6-16-24(2)18-21-14-15-22-8-4-3-5-9-23(22)17-21;/h6-7,10-15,17H,3-5,8-9,16,18H2,1-2H3;1H/b7-6+;. The molecule has 25 heavy (non-hydrogen) atoms. The monoisotopic (exact) mass is 355 g/mol. The maximum atomic E-state index is 2.45. The van der Waals surface area contributed by atoms with Crippen LogP contribution in [0.25, 0.3) is 6.08 Å². The predicted octanol–water partition coefficient (Wildman–Crippen LogP) is 5.83. The van der Waals surface area contributed by atoms with Crippen molar-refractivity contribution in [3.8, 4) is 0 Å². The molecule has 3 rings (SSSR count). The van der Waals surface area contributed by atoms with Crippen molar-refractivity contribution >= 4 is 18.5 Å². The third-order valence-corrected chi connectivity index (χ3v) is 4.92. The summed E-state index contributed by atoms with van der Waals surface area (Å²) >= 11 is 0. The average Bonchev–Trinajstić information content (AvgIpc) is 2.81. The van der Waals surface area contributed by atoms with Crippen LogP contribution in [-0.2, 0) is 19.4 Å². The molecule has 2 heteroatoms. The van der Waals surface area contributed by atoms with E-state index in [9.17, 15) is 0 Å². The molecule has 2 aromatic carbocycles. The summed E-state index contributed by atoms with van der Waals surface area (Å²) in [5.41, 5.74) is 7.21. The van der Waals surface area contributed by atoms with Crippen molar-refractivity contribution in [2.45, 2.75) is 45.6 Å². The molecule has 0 heterocycles. The Morgan fingerprint density at radius 2 is 1.64 bits per heavy atom. The van der Waals surface area contributed by atoms with E-state index in [-0.39, 0.29) is 12.4 Å². The Morgan fingerprint density at radius 1 is 0.920 bits per heavy atom. The van der Waals surface area contributed by atoms with E-state index in [0.717, 1.165) is 13.1 Å². The van der Waals surface area contributed by atoms with Gasteiger partial charge in [0.1, 0.15) is 0 Å². The van der Waals surface area contributed by atoms with Gasteiger partial charge in [-0.05, 0) is 61.9 Å². The number of aryl methyl sites for hydroxylation is 3. The fraction of sp³-hybridized carbons (Fsp3) is 0.391. The molecule has 1 aliphatic carbocycles. The van der Waals surface area contributed by atoms with Crippen molar-refractivity contribution in [3.63, 3.8) is 0 Å². The molecular weight excluding hydrogens is 326 g/mol. The van der Waals surface area contributed by atoms with E-state index in [2.05, 4.69) is 73.5 Å². The van der Waals surface area contributed by atoms with Crippen molar-refractivity contribution < 1.29 is 0 Å². The molecule has 1 aliphatic rings. The molecule has 0 bridgehead atoms. The van der Waals surface area contributed by atoms with Crippen LogP contribution >= 0.6 is 12.4 Å². The lowest BCUT2D eigenvalue weighted by Gasteiger charge is -2.16. The number of rotatable bonds is 5. The number of nitrogens with zero attached hydrogens (tertiary/aromatic N) is 1. The van der Waals surface area contributed by atoms with Crippen LogP contribution in [0.5, 0.6) is 0 Å². The first kappa shape index (κ1) is 19.8. The van der Waals surface area contributed by atoms with Gasteiger partial charge in [-0.3, -0.25) is 4.90 Å². The Morgan fingerprint density at radius 3 is 2.40 bits per heavy atom. The van der Waals surface area contributed by atoms with Crippen LogP contribution in [0.4, 0.5) is 0 Å². The second-order valence-corrected chi connectivity index (χ2v) is 7.17. The quantitative estimate of drug-likeness (QED) is 0.610. The van der Waals surface area contributed by atoms with Gasteiger partial charge in [-0.2, -0.15) is 0 Å². The van der Waals surface area contributed by atoms with Gasteiger partial charge in [0.15, 0.2) is 0 Å². The lowest BCUT2D eigenvalue weighted by atomic mass is 10.00. The van der Waals surface area contributed by atoms with Gasteiger partial charge in [0, 0.05) is 13.1 Å². The van der Waals surface area contributed by atoms with Crippen molar-refractivity contribution in [1.82, 2.24) is 4.90 Å². The molecule has 0 fully saturated rings. The molecule has 0 spiro atoms. The molecule has 0 unspecified atom stereocenters. The SMILES string of the molecule is Cc1ccc(/C=C/CN(C)Cc2ccc3c(c2)CCCCC3)cc1.Cl. The molecule has 134 valence electrons. The van der Waals surface area contributed by atoms with Crippen LogP contribution in [0.3, 0.4) is 0 Å². The summed E-state index contributed by atoms with van der Waals surface area (Å²) in [5, 5.41) is 0. The minimum Gasteiger partial charge on any atom is -0.298 e. The number of hydrogen-bond acceptors (Lipinski definition) is 1. The fourth-order valence-corrected chi connectivity index (χ4v) is 3.48. The lowest BCUT2D eigenvalue weighted by Crippen LogP contribution is -2.17. The Kier molecular flexibility index (Phi) is 7.74. The topological polar surface area (TPSA) is 3.24 Å². The highest BCUT2D eigenvalue weighted by Gasteiger charge is 2.09. The zero-order valence-electron chi connectivity index (χ0n) is 15.5. The minimum absolute atomic E-state index is 0. The van der Waals surface area contributed by atoms with Gasteiger partial charge in [0.2, 0.25) is 0 Å². The average molecular weight is 356 g/mol. The molecule has 0 saturated carbocycles. The van der Waals surface area contributed by atoms with Gasteiger partial charge in [-0.25, -0.2) is 0 Å². The first-order chi connectivity index (χ1) is 11.7. The fourth-order valence-electron chi connectivity index (χ4n) is 3.48. The maximum absolute atomic E-state index is 2.45. The van der Waals surface area contributed by atoms with E-state index in [1.807, 2.05) is 0 Å². The van der Waals surface area contributed by atoms with Crippen LogP contribution in [0, 0.1) is 6.92 Å². The molecule has 0 N–H and O–H groups in total. The third-order valence-electron chi connectivity index (χ3n) is 4.92. The summed E-state index contributed by atoms with van der Waals surface area (Å²) in [7, 11) is 2.20. The van der Waals surface area contributed by atoms with Crippen molar-refractivity contribution in [1.29, 1.82) is 0 Å². The van der Waals surface area contributed by atoms with Gasteiger partial charge in [0.25, 0.3) is 0 Å². The number of benzene rings is 2. The van der Waals surface area contributed by atoms with Crippen molar-refractivity contribution in [2.24, 2.45) is 0 Å². The van der Waals surface area contributed by atoms with Crippen LogP contribution in [0.15, 0.2) is 48.5 Å². The molecule has 0 atom stereocenters. The van der Waals surface area contributed by atoms with Crippen LogP contribution < -0.4 is 0 Å². The largest absolute Gasteiger partial charge is 0.298 e. The van der Waals surface area contributed by atoms with Gasteiger partial charge in [0.05, 0.1) is 0 Å². The zero-order chi connectivity index (χ0) is 16.8. The second kappa shape index (κ2) is 9.79. The van der Waals surface area contributed by atoms with Crippen molar-refractivity contribution in [2.75, 3.05) is 13.6 Å². The first-order valence-electron chi connectivity index (χ1n) is 9.23. The van der Waals surface area contributed by atoms with Crippen molar-refractivity contribution in [3.05, 3.63) is 76.4 Å².